The first kappa shape index (κ1) is 16.0. The molecule has 1 amide bonds. The van der Waals surface area contributed by atoms with E-state index >= 15 is 0 Å². The fraction of sp³-hybridized carbons (Fsp3) is 0.556. The van der Waals surface area contributed by atoms with Crippen molar-refractivity contribution < 1.29 is 14.7 Å². The number of nitrogens with zero attached hydrogens (tertiary/aromatic N) is 2. The summed E-state index contributed by atoms with van der Waals surface area (Å²) >= 11 is 0. The van der Waals surface area contributed by atoms with Crippen LogP contribution in [0.1, 0.15) is 31.2 Å². The Morgan fingerprint density at radius 1 is 1.17 bits per heavy atom. The number of fused-ring (bicyclic) bond motifs is 1. The predicted molar refractivity (Wildman–Crippen MR) is 87.2 cm³/mol. The van der Waals surface area contributed by atoms with Crippen LogP contribution in [0, 0.1) is 0 Å². The van der Waals surface area contributed by atoms with E-state index < -0.39 is 5.97 Å². The van der Waals surface area contributed by atoms with Gasteiger partial charge >= 0.3 is 5.97 Å². The van der Waals surface area contributed by atoms with E-state index in [0.717, 1.165) is 25.9 Å². The molecule has 0 saturated carbocycles. The van der Waals surface area contributed by atoms with Gasteiger partial charge in [-0.15, -0.1) is 0 Å². The molecule has 2 aliphatic rings. The smallest absolute Gasteiger partial charge is 0.303 e. The van der Waals surface area contributed by atoms with Gasteiger partial charge in [0, 0.05) is 31.0 Å². The summed E-state index contributed by atoms with van der Waals surface area (Å²) < 4.78 is 0. The highest BCUT2D eigenvalue weighted by atomic mass is 16.4. The van der Waals surface area contributed by atoms with E-state index in [2.05, 4.69) is 36.2 Å². The minimum Gasteiger partial charge on any atom is -0.481 e. The maximum atomic E-state index is 12.3. The molecule has 2 heterocycles. The molecule has 2 atom stereocenters. The van der Waals surface area contributed by atoms with Crippen molar-refractivity contribution in [2.45, 2.75) is 37.1 Å². The van der Waals surface area contributed by atoms with Gasteiger partial charge in [0.25, 0.3) is 0 Å². The molecular weight excluding hydrogens is 292 g/mol. The van der Waals surface area contributed by atoms with E-state index in [9.17, 15) is 9.59 Å². The Hall–Kier alpha value is -1.88. The second-order valence-corrected chi connectivity index (χ2v) is 6.75. The number of likely N-dealkylation sites (tertiary alicyclic amines) is 2. The monoisotopic (exact) mass is 316 g/mol. The number of benzene rings is 1. The highest BCUT2D eigenvalue weighted by molar-refractivity contribution is 5.81. The fourth-order valence-corrected chi connectivity index (χ4v) is 4.21. The van der Waals surface area contributed by atoms with Crippen LogP contribution in [0.5, 0.6) is 0 Å². The van der Waals surface area contributed by atoms with E-state index in [4.69, 9.17) is 5.11 Å². The Labute approximate surface area is 136 Å². The Bertz CT molecular complexity index is 589. The molecule has 2 fully saturated rings. The molecule has 5 heteroatoms. The fourth-order valence-electron chi connectivity index (χ4n) is 4.21. The average molecular weight is 316 g/mol. The van der Waals surface area contributed by atoms with Gasteiger partial charge in [-0.05, 0) is 32.0 Å². The number of carbonyl (C=O) groups is 2. The van der Waals surface area contributed by atoms with Gasteiger partial charge in [-0.25, -0.2) is 0 Å². The molecule has 2 saturated heterocycles. The SMILES string of the molecule is CN1CCC2(c3ccccc3)CCN(C(=O)CCC(=O)O)CC12. The van der Waals surface area contributed by atoms with Crippen LogP contribution >= 0.6 is 0 Å². The molecule has 2 aliphatic heterocycles. The van der Waals surface area contributed by atoms with Gasteiger partial charge in [-0.2, -0.15) is 0 Å². The van der Waals surface area contributed by atoms with E-state index in [-0.39, 0.29) is 24.2 Å². The summed E-state index contributed by atoms with van der Waals surface area (Å²) in [5, 5.41) is 8.76. The van der Waals surface area contributed by atoms with Crippen molar-refractivity contribution in [2.75, 3.05) is 26.7 Å². The lowest BCUT2D eigenvalue weighted by Crippen LogP contribution is -2.56. The molecule has 3 rings (SSSR count). The van der Waals surface area contributed by atoms with Gasteiger partial charge in [-0.1, -0.05) is 30.3 Å². The summed E-state index contributed by atoms with van der Waals surface area (Å²) in [6.45, 7) is 2.46. The molecule has 1 N–H and O–H groups in total. The van der Waals surface area contributed by atoms with Crippen LogP contribution in [0.3, 0.4) is 0 Å². The molecule has 1 aromatic rings. The topological polar surface area (TPSA) is 60.9 Å². The number of likely N-dealkylation sites (N-methyl/N-ethyl adjacent to an activating group) is 1. The van der Waals surface area contributed by atoms with E-state index in [1.807, 2.05) is 11.0 Å². The standard InChI is InChI=1S/C18H24N2O3/c1-19-11-9-18(14-5-3-2-4-6-14)10-12-20(13-15(18)19)16(21)7-8-17(22)23/h2-6,15H,7-13H2,1H3,(H,22,23). The van der Waals surface area contributed by atoms with Crippen LogP contribution in [-0.4, -0.2) is 59.5 Å². The molecule has 0 radical (unpaired) electrons. The van der Waals surface area contributed by atoms with Gasteiger partial charge in [-0.3, -0.25) is 9.59 Å². The zero-order valence-corrected chi connectivity index (χ0v) is 13.6. The zero-order chi connectivity index (χ0) is 16.4. The van der Waals surface area contributed by atoms with Crippen LogP contribution in [-0.2, 0) is 15.0 Å². The maximum Gasteiger partial charge on any atom is 0.303 e. The zero-order valence-electron chi connectivity index (χ0n) is 13.6. The number of rotatable bonds is 4. The number of aliphatic carboxylic acids is 1. The minimum absolute atomic E-state index is 0.0330. The number of carbonyl (C=O) groups excluding carboxylic acids is 1. The highest BCUT2D eigenvalue weighted by Gasteiger charge is 2.50. The van der Waals surface area contributed by atoms with Crippen molar-refractivity contribution in [2.24, 2.45) is 0 Å². The molecule has 1 aromatic carbocycles. The molecular formula is C18H24N2O3. The first-order valence-electron chi connectivity index (χ1n) is 8.28. The van der Waals surface area contributed by atoms with Gasteiger partial charge in [0.1, 0.15) is 0 Å². The Kier molecular flexibility index (Phi) is 4.39. The van der Waals surface area contributed by atoms with Crippen molar-refractivity contribution in [1.82, 2.24) is 9.80 Å². The molecule has 0 aliphatic carbocycles. The van der Waals surface area contributed by atoms with E-state index in [0.29, 0.717) is 12.6 Å². The van der Waals surface area contributed by atoms with Crippen LogP contribution < -0.4 is 0 Å². The third-order valence-electron chi connectivity index (χ3n) is 5.56. The molecule has 124 valence electrons. The van der Waals surface area contributed by atoms with Crippen LogP contribution in [0.2, 0.25) is 0 Å². The molecule has 5 nitrogen and oxygen atoms in total. The van der Waals surface area contributed by atoms with Crippen LogP contribution in [0.15, 0.2) is 30.3 Å². The van der Waals surface area contributed by atoms with Crippen LogP contribution in [0.25, 0.3) is 0 Å². The van der Waals surface area contributed by atoms with Crippen molar-refractivity contribution in [3.05, 3.63) is 35.9 Å². The summed E-state index contributed by atoms with van der Waals surface area (Å²) in [4.78, 5) is 27.2. The lowest BCUT2D eigenvalue weighted by molar-refractivity contribution is -0.141. The third kappa shape index (κ3) is 2.98. The normalized spacial score (nSPS) is 27.7. The highest BCUT2D eigenvalue weighted by Crippen LogP contribution is 2.45. The lowest BCUT2D eigenvalue weighted by atomic mass is 9.69. The van der Waals surface area contributed by atoms with Gasteiger partial charge in [0.05, 0.1) is 6.42 Å². The second-order valence-electron chi connectivity index (χ2n) is 6.75. The number of carboxylic acid groups (broad SMARTS) is 1. The number of carboxylic acids is 1. The summed E-state index contributed by atoms with van der Waals surface area (Å²) in [7, 11) is 2.13. The lowest BCUT2D eigenvalue weighted by Gasteiger charge is -2.46. The van der Waals surface area contributed by atoms with Crippen molar-refractivity contribution in [3.8, 4) is 0 Å². The molecule has 0 bridgehead atoms. The maximum absolute atomic E-state index is 12.3. The number of hydrogen-bond acceptors (Lipinski definition) is 3. The van der Waals surface area contributed by atoms with Crippen molar-refractivity contribution in [3.63, 3.8) is 0 Å². The van der Waals surface area contributed by atoms with Crippen molar-refractivity contribution >= 4 is 11.9 Å². The first-order valence-corrected chi connectivity index (χ1v) is 8.28. The Morgan fingerprint density at radius 2 is 1.87 bits per heavy atom. The molecule has 0 aromatic heterocycles. The predicted octanol–water partition coefficient (Wildman–Crippen LogP) is 1.73. The molecule has 0 spiro atoms. The summed E-state index contributed by atoms with van der Waals surface area (Å²) in [5.41, 5.74) is 1.49. The second kappa shape index (κ2) is 6.32. The average Bonchev–Trinajstić information content (AvgIpc) is 2.91. The van der Waals surface area contributed by atoms with Gasteiger partial charge in [0.15, 0.2) is 0 Å². The Morgan fingerprint density at radius 3 is 2.57 bits per heavy atom. The van der Waals surface area contributed by atoms with Crippen LogP contribution in [0.4, 0.5) is 0 Å². The molecule has 2 unspecified atom stereocenters. The summed E-state index contributed by atoms with van der Waals surface area (Å²) in [6, 6.07) is 10.9. The van der Waals surface area contributed by atoms with Gasteiger partial charge in [0.2, 0.25) is 5.91 Å². The number of hydrogen-bond donors (Lipinski definition) is 1. The minimum atomic E-state index is -0.910. The number of piperidine rings is 1. The summed E-state index contributed by atoms with van der Waals surface area (Å²) in [5.74, 6) is -0.943. The third-order valence-corrected chi connectivity index (χ3v) is 5.56. The van der Waals surface area contributed by atoms with E-state index in [1.54, 1.807) is 0 Å². The Balaban J connectivity index is 1.77. The van der Waals surface area contributed by atoms with Crippen molar-refractivity contribution in [1.29, 1.82) is 0 Å². The molecule has 23 heavy (non-hydrogen) atoms. The largest absolute Gasteiger partial charge is 0.481 e. The summed E-state index contributed by atoms with van der Waals surface area (Å²) in [6.07, 6.45) is 2.09. The van der Waals surface area contributed by atoms with E-state index in [1.165, 1.54) is 5.56 Å². The van der Waals surface area contributed by atoms with Gasteiger partial charge < -0.3 is 14.9 Å². The number of amides is 1. The first-order chi connectivity index (χ1) is 11.0. The quantitative estimate of drug-likeness (QED) is 0.919.